The van der Waals surface area contributed by atoms with E-state index in [-0.39, 0.29) is 12.5 Å². The quantitative estimate of drug-likeness (QED) is 0.217. The Morgan fingerprint density at radius 3 is 2.85 bits per heavy atom. The highest BCUT2D eigenvalue weighted by atomic mass is 32.2. The predicted octanol–water partition coefficient (Wildman–Crippen LogP) is 2.85. The van der Waals surface area contributed by atoms with Crippen LogP contribution < -0.4 is 10.0 Å². The van der Waals surface area contributed by atoms with E-state index < -0.39 is 16.6 Å². The fourth-order valence-electron chi connectivity index (χ4n) is 4.30. The van der Waals surface area contributed by atoms with Crippen LogP contribution in [0.5, 0.6) is 0 Å². The number of benzene rings is 1. The molecule has 1 fully saturated rings. The van der Waals surface area contributed by atoms with Gasteiger partial charge in [-0.3, -0.25) is 20.1 Å². The molecular formula is C26H33N7O4S2. The Morgan fingerprint density at radius 2 is 2.10 bits per heavy atom. The van der Waals surface area contributed by atoms with E-state index in [1.807, 2.05) is 19.1 Å². The average molecular weight is 572 g/mol. The summed E-state index contributed by atoms with van der Waals surface area (Å²) in [6, 6.07) is 9.04. The van der Waals surface area contributed by atoms with Gasteiger partial charge in [-0.15, -0.1) is 11.3 Å². The van der Waals surface area contributed by atoms with Gasteiger partial charge in [-0.05, 0) is 43.7 Å². The standard InChI is InChI=1S/C26H33N7O4S2/c1-3-26(2,35)17-33-21-5-4-19(39(36)29-8-9-32-10-12-37-13-11-32)14-20(21)30-25(33)31-24(34)23-7-6-22(38-23)18-15-27-28-16-18/h4-7,14-16,29,35H,3,8-13,17H2,1-2H3,(H,27,28)(H,30,31,34). The number of aliphatic hydroxyl groups is 1. The van der Waals surface area contributed by atoms with Gasteiger partial charge in [0, 0.05) is 42.8 Å². The Bertz CT molecular complexity index is 1440. The van der Waals surface area contributed by atoms with Gasteiger partial charge in [-0.2, -0.15) is 5.10 Å². The molecule has 1 aliphatic rings. The first-order chi connectivity index (χ1) is 18.8. The lowest BCUT2D eigenvalue weighted by atomic mass is 10.0. The number of ether oxygens (including phenoxy) is 1. The number of hydrogen-bond donors (Lipinski definition) is 4. The summed E-state index contributed by atoms with van der Waals surface area (Å²) in [6.45, 7) is 8.48. The van der Waals surface area contributed by atoms with Crippen molar-refractivity contribution < 1.29 is 18.8 Å². The maximum absolute atomic E-state index is 13.2. The van der Waals surface area contributed by atoms with E-state index in [1.165, 1.54) is 11.3 Å². The van der Waals surface area contributed by atoms with Crippen molar-refractivity contribution in [1.82, 2.24) is 29.4 Å². The zero-order valence-corrected chi connectivity index (χ0v) is 23.6. The summed E-state index contributed by atoms with van der Waals surface area (Å²) in [7, 11) is -1.41. The second-order valence-electron chi connectivity index (χ2n) is 9.74. The first-order valence-corrected chi connectivity index (χ1v) is 14.9. The van der Waals surface area contributed by atoms with Crippen LogP contribution in [0.4, 0.5) is 5.95 Å². The predicted molar refractivity (Wildman–Crippen MR) is 152 cm³/mol. The Balaban J connectivity index is 1.35. The highest BCUT2D eigenvalue weighted by Crippen LogP contribution is 2.29. The summed E-state index contributed by atoms with van der Waals surface area (Å²) in [5.74, 6) is 0.0289. The number of thiophene rings is 1. The number of imidazole rings is 1. The largest absolute Gasteiger partial charge is 0.388 e. The van der Waals surface area contributed by atoms with Gasteiger partial charge in [0.05, 0.1) is 52.4 Å². The summed E-state index contributed by atoms with van der Waals surface area (Å²) in [5, 5.41) is 20.5. The zero-order chi connectivity index (χ0) is 27.4. The van der Waals surface area contributed by atoms with Gasteiger partial charge in [-0.25, -0.2) is 13.9 Å². The number of nitrogens with zero attached hydrogens (tertiary/aromatic N) is 4. The van der Waals surface area contributed by atoms with E-state index in [0.29, 0.717) is 34.2 Å². The number of carbonyl (C=O) groups excluding carboxylic acids is 1. The Morgan fingerprint density at radius 1 is 1.28 bits per heavy atom. The number of aromatic nitrogens is 4. The van der Waals surface area contributed by atoms with Gasteiger partial charge in [0.25, 0.3) is 5.91 Å². The van der Waals surface area contributed by atoms with E-state index in [0.717, 1.165) is 48.8 Å². The molecule has 208 valence electrons. The van der Waals surface area contributed by atoms with E-state index >= 15 is 0 Å². The topological polar surface area (TPSA) is 137 Å². The van der Waals surface area contributed by atoms with E-state index in [1.54, 1.807) is 42.1 Å². The van der Waals surface area contributed by atoms with Crippen LogP contribution in [0.25, 0.3) is 21.5 Å². The van der Waals surface area contributed by atoms with Crippen LogP contribution in [0.2, 0.25) is 0 Å². The minimum atomic E-state index is -1.41. The lowest BCUT2D eigenvalue weighted by molar-refractivity contribution is 0.0390. The molecule has 13 heteroatoms. The summed E-state index contributed by atoms with van der Waals surface area (Å²) in [5.41, 5.74) is 1.22. The van der Waals surface area contributed by atoms with Crippen molar-refractivity contribution in [2.24, 2.45) is 0 Å². The third-order valence-corrected chi connectivity index (χ3v) is 9.08. The van der Waals surface area contributed by atoms with Crippen molar-refractivity contribution in [3.63, 3.8) is 0 Å². The highest BCUT2D eigenvalue weighted by Gasteiger charge is 2.24. The minimum absolute atomic E-state index is 0.237. The van der Waals surface area contributed by atoms with Crippen molar-refractivity contribution in [3.8, 4) is 10.4 Å². The van der Waals surface area contributed by atoms with Crippen LogP contribution in [0.1, 0.15) is 29.9 Å². The van der Waals surface area contributed by atoms with Crippen molar-refractivity contribution in [1.29, 1.82) is 0 Å². The number of anilines is 1. The van der Waals surface area contributed by atoms with Gasteiger partial charge in [-0.1, -0.05) is 6.92 Å². The number of nitrogens with one attached hydrogen (secondary N) is 3. The van der Waals surface area contributed by atoms with Gasteiger partial charge in [0.15, 0.2) is 0 Å². The van der Waals surface area contributed by atoms with Gasteiger partial charge >= 0.3 is 0 Å². The molecule has 4 aromatic rings. The number of rotatable bonds is 11. The van der Waals surface area contributed by atoms with Crippen molar-refractivity contribution in [2.75, 3.05) is 44.7 Å². The molecule has 0 bridgehead atoms. The molecule has 0 radical (unpaired) electrons. The maximum Gasteiger partial charge on any atom is 0.268 e. The van der Waals surface area contributed by atoms with Crippen LogP contribution in [-0.2, 0) is 22.3 Å². The Hall–Kier alpha value is -2.94. The number of aromatic amines is 1. The lowest BCUT2D eigenvalue weighted by Gasteiger charge is -2.26. The van der Waals surface area contributed by atoms with Gasteiger partial charge in [0.1, 0.15) is 11.0 Å². The molecule has 1 amide bonds. The summed E-state index contributed by atoms with van der Waals surface area (Å²) < 4.78 is 23.2. The fourth-order valence-corrected chi connectivity index (χ4v) is 6.04. The molecule has 39 heavy (non-hydrogen) atoms. The lowest BCUT2D eigenvalue weighted by Crippen LogP contribution is -2.40. The van der Waals surface area contributed by atoms with Crippen LogP contribution >= 0.6 is 11.3 Å². The highest BCUT2D eigenvalue weighted by molar-refractivity contribution is 7.83. The average Bonchev–Trinajstić information content (AvgIpc) is 3.70. The second kappa shape index (κ2) is 12.1. The van der Waals surface area contributed by atoms with E-state index in [4.69, 9.17) is 4.74 Å². The summed E-state index contributed by atoms with van der Waals surface area (Å²) in [6.07, 6.45) is 4.01. The molecule has 2 unspecified atom stereocenters. The first-order valence-electron chi connectivity index (χ1n) is 12.9. The normalized spacial score (nSPS) is 16.8. The molecule has 4 heterocycles. The molecule has 2 atom stereocenters. The minimum Gasteiger partial charge on any atom is -0.388 e. The number of carbonyl (C=O) groups is 1. The first kappa shape index (κ1) is 27.6. The second-order valence-corrected chi connectivity index (χ2v) is 12.1. The molecule has 0 aliphatic carbocycles. The van der Waals surface area contributed by atoms with Crippen molar-refractivity contribution in [3.05, 3.63) is 47.6 Å². The number of hydrogen-bond acceptors (Lipinski definition) is 8. The molecular weight excluding hydrogens is 538 g/mol. The third-order valence-electron chi connectivity index (χ3n) is 6.80. The monoisotopic (exact) mass is 571 g/mol. The van der Waals surface area contributed by atoms with Crippen LogP contribution in [0, 0.1) is 0 Å². The maximum atomic E-state index is 13.2. The number of amides is 1. The van der Waals surface area contributed by atoms with Crippen LogP contribution in [0.15, 0.2) is 47.6 Å². The van der Waals surface area contributed by atoms with E-state index in [9.17, 15) is 14.1 Å². The van der Waals surface area contributed by atoms with Crippen LogP contribution in [-0.4, -0.2) is 84.9 Å². The number of fused-ring (bicyclic) bond motifs is 1. The molecule has 5 rings (SSSR count). The van der Waals surface area contributed by atoms with Gasteiger partial charge < -0.3 is 14.4 Å². The third kappa shape index (κ3) is 6.62. The summed E-state index contributed by atoms with van der Waals surface area (Å²) >= 11 is 1.36. The summed E-state index contributed by atoms with van der Waals surface area (Å²) in [4.78, 5) is 22.2. The molecule has 3 aromatic heterocycles. The Kier molecular flexibility index (Phi) is 8.54. The molecule has 1 aromatic carbocycles. The molecule has 0 spiro atoms. The Labute approximate surface area is 233 Å². The van der Waals surface area contributed by atoms with Crippen molar-refractivity contribution in [2.45, 2.75) is 37.3 Å². The molecule has 1 saturated heterocycles. The number of morpholine rings is 1. The van der Waals surface area contributed by atoms with E-state index in [2.05, 4.69) is 30.1 Å². The molecule has 1 aliphatic heterocycles. The zero-order valence-electron chi connectivity index (χ0n) is 22.0. The number of H-pyrrole nitrogens is 1. The molecule has 11 nitrogen and oxygen atoms in total. The molecule has 4 N–H and O–H groups in total. The SMILES string of the molecule is CCC(C)(O)Cn1c(NC(=O)c2ccc(-c3cn[nH]c3)s2)nc2cc(S(=O)NCCN3CCOCC3)ccc21. The van der Waals surface area contributed by atoms with Crippen LogP contribution in [0.3, 0.4) is 0 Å². The fraction of sp³-hybridized carbons (Fsp3) is 0.423. The van der Waals surface area contributed by atoms with Crippen molar-refractivity contribution >= 4 is 45.2 Å². The van der Waals surface area contributed by atoms with Gasteiger partial charge in [0.2, 0.25) is 5.95 Å². The smallest absolute Gasteiger partial charge is 0.268 e. The molecule has 0 saturated carbocycles.